The Bertz CT molecular complexity index is 4750. The van der Waals surface area contributed by atoms with Crippen LogP contribution in [0, 0.1) is 0 Å². The topological polar surface area (TPSA) is 32.3 Å². The van der Waals surface area contributed by atoms with Gasteiger partial charge >= 0.3 is 0 Å². The van der Waals surface area contributed by atoms with Gasteiger partial charge in [0.2, 0.25) is 0 Å². The highest BCUT2D eigenvalue weighted by Crippen LogP contribution is 2.49. The molecule has 2 aliphatic heterocycles. The third kappa shape index (κ3) is 8.59. The Hall–Kier alpha value is -10.1. The molecule has 0 saturated heterocycles. The summed E-state index contributed by atoms with van der Waals surface area (Å²) < 4.78 is 0. The molecule has 0 atom stereocenters. The average molecular weight is 1090 g/mol. The Morgan fingerprint density at radius 3 is 1.15 bits per heavy atom. The van der Waals surface area contributed by atoms with Crippen molar-refractivity contribution in [3.63, 3.8) is 0 Å². The number of hydrogen-bond acceptors (Lipinski definition) is 4. The van der Waals surface area contributed by atoms with Crippen molar-refractivity contribution in [2.75, 3.05) is 9.80 Å². The molecule has 1 aromatic heterocycles. The number of fused-ring (bicyclic) bond motifs is 9. The predicted octanol–water partition coefficient (Wildman–Crippen LogP) is 19.6. The molecule has 3 heterocycles. The maximum absolute atomic E-state index is 5.82. The summed E-state index contributed by atoms with van der Waals surface area (Å²) in [7, 11) is 0. The van der Waals surface area contributed by atoms with E-state index >= 15 is 0 Å². The minimum Gasteiger partial charge on any atom is -0.311 e. The molecular weight excluding hydrogens is 1030 g/mol. The molecule has 4 nitrogen and oxygen atoms in total. The molecule has 0 unspecified atom stereocenters. The quantitative estimate of drug-likeness (QED) is 0.123. The molecule has 0 saturated carbocycles. The van der Waals surface area contributed by atoms with Crippen molar-refractivity contribution in [1.29, 1.82) is 0 Å². The lowest BCUT2D eigenvalue weighted by Gasteiger charge is -2.44. The third-order valence-electron chi connectivity index (χ3n) is 18.0. The summed E-state index contributed by atoms with van der Waals surface area (Å²) in [5, 5.41) is 10.7. The Kier molecular flexibility index (Phi) is 11.5. The maximum Gasteiger partial charge on any atom is 0.252 e. The number of aromatic nitrogens is 2. The molecule has 16 rings (SSSR count). The van der Waals surface area contributed by atoms with Crippen molar-refractivity contribution < 1.29 is 0 Å². The van der Waals surface area contributed by atoms with Gasteiger partial charge in [-0.1, -0.05) is 211 Å². The fourth-order valence-electron chi connectivity index (χ4n) is 13.5. The Morgan fingerprint density at radius 2 is 0.706 bits per heavy atom. The van der Waals surface area contributed by atoms with Crippen molar-refractivity contribution in [2.24, 2.45) is 0 Å². The molecule has 2 aliphatic rings. The van der Waals surface area contributed by atoms with Crippen LogP contribution in [-0.2, 0) is 10.8 Å². The number of nitrogens with zero attached hydrogens (tertiary/aromatic N) is 4. The van der Waals surface area contributed by atoms with Gasteiger partial charge in [0.15, 0.2) is 5.82 Å². The van der Waals surface area contributed by atoms with E-state index in [1.165, 1.54) is 92.9 Å². The van der Waals surface area contributed by atoms with E-state index in [4.69, 9.17) is 9.97 Å². The molecule has 0 aliphatic carbocycles. The van der Waals surface area contributed by atoms with Crippen molar-refractivity contribution >= 4 is 111 Å². The normalized spacial score (nSPS) is 13.0. The van der Waals surface area contributed by atoms with Crippen molar-refractivity contribution in [3.05, 3.63) is 272 Å². The highest BCUT2D eigenvalue weighted by atomic mass is 15.2. The van der Waals surface area contributed by atoms with E-state index in [2.05, 4.69) is 312 Å². The number of hydrogen-bond donors (Lipinski definition) is 0. The van der Waals surface area contributed by atoms with Gasteiger partial charge in [-0.15, -0.1) is 0 Å². The van der Waals surface area contributed by atoms with Crippen LogP contribution in [0.5, 0.6) is 0 Å². The van der Waals surface area contributed by atoms with Gasteiger partial charge in [0.25, 0.3) is 6.71 Å². The molecule has 0 spiro atoms. The summed E-state index contributed by atoms with van der Waals surface area (Å²) >= 11 is 0. The minimum atomic E-state index is -0.153. The standard InChI is InChI=1S/C80H61BN4/c1-79(2,3)64-41-62(42-65(49-64)80(4,5)6)77-68-27-17-18-28-71(68)82-78(83-77)63-47-74-76-75(48-63)85(67-35-31-53(32-36-67)51-21-11-8-12-22-51)73-46-61-40-57-26-16-14-24-55(57)38-59(61)44-70(73)81(76)69-43-58-37-54-23-13-15-25-56(54)39-60(58)45-72(69)84(74)66-33-29-52(30-34-66)50-19-9-7-10-20-50/h7-49H,1-6H3. The first-order chi connectivity index (χ1) is 41.3. The van der Waals surface area contributed by atoms with Crippen LogP contribution in [0.15, 0.2) is 261 Å². The van der Waals surface area contributed by atoms with Crippen molar-refractivity contribution in [2.45, 2.75) is 52.4 Å². The van der Waals surface area contributed by atoms with Crippen LogP contribution in [0.3, 0.4) is 0 Å². The second-order valence-corrected chi connectivity index (χ2v) is 25.5. The number of benzene rings is 13. The van der Waals surface area contributed by atoms with Gasteiger partial charge < -0.3 is 9.80 Å². The zero-order valence-electron chi connectivity index (χ0n) is 48.7. The number of anilines is 6. The van der Waals surface area contributed by atoms with E-state index in [0.29, 0.717) is 5.82 Å². The Morgan fingerprint density at radius 1 is 0.306 bits per heavy atom. The summed E-state index contributed by atoms with van der Waals surface area (Å²) in [5.74, 6) is 0.674. The first-order valence-electron chi connectivity index (χ1n) is 29.8. The lowest BCUT2D eigenvalue weighted by atomic mass is 9.33. The molecule has 0 amide bonds. The SMILES string of the molecule is CC(C)(C)c1cc(-c2nc(-c3cc4c5c(c3)N(c3ccc(-c6ccccc6)cc3)c3cc6cc7ccccc7cc6cc3B5c3cc5cc6ccccc6cc5cc3N4c3ccc(-c4ccccc4)cc3)nc3ccccc23)cc(C(C)(C)C)c1. The van der Waals surface area contributed by atoms with Gasteiger partial charge in [0.1, 0.15) is 0 Å². The van der Waals surface area contributed by atoms with E-state index in [0.717, 1.165) is 61.8 Å². The fraction of sp³-hybridized carbons (Fsp3) is 0.100. The first kappa shape index (κ1) is 50.6. The van der Waals surface area contributed by atoms with Gasteiger partial charge in [-0.2, -0.15) is 0 Å². The summed E-state index contributed by atoms with van der Waals surface area (Å²) in [6, 6.07) is 97.2. The Balaban J connectivity index is 1.02. The van der Waals surface area contributed by atoms with E-state index < -0.39 is 0 Å². The fourth-order valence-corrected chi connectivity index (χ4v) is 13.5. The van der Waals surface area contributed by atoms with Crippen molar-refractivity contribution in [3.8, 4) is 44.9 Å². The molecule has 0 N–H and O–H groups in total. The molecule has 0 fully saturated rings. The zero-order chi connectivity index (χ0) is 57.3. The number of para-hydroxylation sites is 1. The van der Waals surface area contributed by atoms with Crippen LogP contribution in [0.4, 0.5) is 34.1 Å². The van der Waals surface area contributed by atoms with E-state index in [-0.39, 0.29) is 17.5 Å². The molecular formula is C80H61BN4. The van der Waals surface area contributed by atoms with Gasteiger partial charge in [-0.3, -0.25) is 0 Å². The Labute approximate surface area is 497 Å². The molecule has 0 radical (unpaired) electrons. The lowest BCUT2D eigenvalue weighted by Crippen LogP contribution is -2.61. The molecule has 0 bridgehead atoms. The van der Waals surface area contributed by atoms with Gasteiger partial charge in [0.05, 0.1) is 11.2 Å². The van der Waals surface area contributed by atoms with Crippen molar-refractivity contribution in [1.82, 2.24) is 9.97 Å². The van der Waals surface area contributed by atoms with Gasteiger partial charge in [-0.25, -0.2) is 9.97 Å². The van der Waals surface area contributed by atoms with Crippen LogP contribution >= 0.6 is 0 Å². The highest BCUT2D eigenvalue weighted by Gasteiger charge is 2.44. The molecule has 13 aromatic carbocycles. The third-order valence-corrected chi connectivity index (χ3v) is 18.0. The average Bonchev–Trinajstić information content (AvgIpc) is 1.28. The molecule has 14 aromatic rings. The second kappa shape index (κ2) is 19.2. The second-order valence-electron chi connectivity index (χ2n) is 25.5. The van der Waals surface area contributed by atoms with E-state index in [1.54, 1.807) is 0 Å². The van der Waals surface area contributed by atoms with Gasteiger partial charge in [0, 0.05) is 50.6 Å². The highest BCUT2D eigenvalue weighted by molar-refractivity contribution is 7.00. The largest absolute Gasteiger partial charge is 0.311 e. The summed E-state index contributed by atoms with van der Waals surface area (Å²) in [6.45, 7) is 13.7. The van der Waals surface area contributed by atoms with Gasteiger partial charge in [-0.05, 0) is 195 Å². The summed E-state index contributed by atoms with van der Waals surface area (Å²) in [4.78, 5) is 16.5. The lowest BCUT2D eigenvalue weighted by molar-refractivity contribution is 0.569. The summed E-state index contributed by atoms with van der Waals surface area (Å²) in [6.07, 6.45) is 0. The molecule has 5 heteroatoms. The number of rotatable bonds is 6. The minimum absolute atomic E-state index is 0.0890. The predicted molar refractivity (Wildman–Crippen MR) is 363 cm³/mol. The van der Waals surface area contributed by atoms with Crippen LogP contribution in [0.1, 0.15) is 52.7 Å². The van der Waals surface area contributed by atoms with Crippen LogP contribution in [-0.4, -0.2) is 16.7 Å². The van der Waals surface area contributed by atoms with E-state index in [9.17, 15) is 0 Å². The zero-order valence-corrected chi connectivity index (χ0v) is 48.7. The monoisotopic (exact) mass is 1090 g/mol. The molecule has 404 valence electrons. The molecule has 85 heavy (non-hydrogen) atoms. The first-order valence-corrected chi connectivity index (χ1v) is 29.8. The van der Waals surface area contributed by atoms with Crippen LogP contribution in [0.2, 0.25) is 0 Å². The maximum atomic E-state index is 5.82. The van der Waals surface area contributed by atoms with E-state index in [1.807, 2.05) is 0 Å². The van der Waals surface area contributed by atoms with Crippen LogP contribution in [0.25, 0.3) is 98.9 Å². The summed E-state index contributed by atoms with van der Waals surface area (Å²) in [5.41, 5.74) is 21.3. The van der Waals surface area contributed by atoms with Crippen LogP contribution < -0.4 is 26.2 Å². The smallest absolute Gasteiger partial charge is 0.252 e.